The summed E-state index contributed by atoms with van der Waals surface area (Å²) < 4.78 is 1.45. The van der Waals surface area contributed by atoms with Gasteiger partial charge in [0, 0.05) is 22.2 Å². The van der Waals surface area contributed by atoms with Crippen LogP contribution in [0.1, 0.15) is 5.56 Å². The molecule has 0 aliphatic heterocycles. The summed E-state index contributed by atoms with van der Waals surface area (Å²) in [6.45, 7) is 1.67. The van der Waals surface area contributed by atoms with Crippen molar-refractivity contribution in [2.75, 3.05) is 0 Å². The zero-order valence-corrected chi connectivity index (χ0v) is 15.6. The Morgan fingerprint density at radius 3 is 2.46 bits per heavy atom. The van der Waals surface area contributed by atoms with E-state index in [1.54, 1.807) is 67.6 Å². The fraction of sp³-hybridized carbons (Fsp3) is 0.0476. The fourth-order valence-electron chi connectivity index (χ4n) is 3.10. The van der Waals surface area contributed by atoms with Crippen molar-refractivity contribution in [2.24, 2.45) is 0 Å². The van der Waals surface area contributed by atoms with Crippen LogP contribution in [0.3, 0.4) is 0 Å². The minimum atomic E-state index is -0.440. The van der Waals surface area contributed by atoms with Crippen molar-refractivity contribution in [3.63, 3.8) is 0 Å². The van der Waals surface area contributed by atoms with E-state index in [9.17, 15) is 14.9 Å². The third kappa shape index (κ3) is 3.04. The van der Waals surface area contributed by atoms with Gasteiger partial charge in [0.2, 0.25) is 0 Å². The minimum Gasteiger partial charge on any atom is -0.268 e. The Balaban J connectivity index is 2.09. The van der Waals surface area contributed by atoms with E-state index < -0.39 is 4.92 Å². The summed E-state index contributed by atoms with van der Waals surface area (Å²) in [5.41, 5.74) is 1.83. The Morgan fingerprint density at radius 2 is 1.75 bits per heavy atom. The lowest BCUT2D eigenvalue weighted by Crippen LogP contribution is -2.22. The van der Waals surface area contributed by atoms with Crippen LogP contribution < -0.4 is 5.56 Å². The van der Waals surface area contributed by atoms with Gasteiger partial charge >= 0.3 is 0 Å². The van der Waals surface area contributed by atoms with Gasteiger partial charge in [-0.15, -0.1) is 0 Å². The third-order valence-corrected chi connectivity index (χ3v) is 4.78. The van der Waals surface area contributed by atoms with Gasteiger partial charge in [0.05, 0.1) is 21.5 Å². The molecule has 4 rings (SSSR count). The lowest BCUT2D eigenvalue weighted by molar-refractivity contribution is -0.385. The van der Waals surface area contributed by atoms with Gasteiger partial charge in [-0.05, 0) is 43.3 Å². The summed E-state index contributed by atoms with van der Waals surface area (Å²) in [5.74, 6) is 0.328. The van der Waals surface area contributed by atoms with Crippen LogP contribution in [0.25, 0.3) is 28.0 Å². The Bertz CT molecular complexity index is 1280. The van der Waals surface area contributed by atoms with Crippen molar-refractivity contribution in [2.45, 2.75) is 6.92 Å². The minimum absolute atomic E-state index is 0.0254. The molecule has 0 saturated heterocycles. The van der Waals surface area contributed by atoms with Gasteiger partial charge in [-0.25, -0.2) is 4.98 Å². The first kappa shape index (κ1) is 17.9. The summed E-state index contributed by atoms with van der Waals surface area (Å²) in [5, 5.41) is 12.4. The molecule has 0 amide bonds. The van der Waals surface area contributed by atoms with Crippen molar-refractivity contribution in [3.8, 4) is 17.1 Å². The maximum atomic E-state index is 13.2. The molecule has 0 fully saturated rings. The summed E-state index contributed by atoms with van der Waals surface area (Å²) in [6.07, 6.45) is 0. The van der Waals surface area contributed by atoms with Gasteiger partial charge in [0.25, 0.3) is 11.2 Å². The number of rotatable bonds is 3. The van der Waals surface area contributed by atoms with E-state index in [2.05, 4.69) is 4.98 Å². The van der Waals surface area contributed by atoms with Crippen LogP contribution in [0.5, 0.6) is 0 Å². The average Bonchev–Trinajstić information content (AvgIpc) is 2.69. The number of aryl methyl sites for hydroxylation is 1. The number of hydrogen-bond donors (Lipinski definition) is 0. The molecule has 0 atom stereocenters. The number of benzene rings is 3. The van der Waals surface area contributed by atoms with Crippen LogP contribution in [0.4, 0.5) is 5.69 Å². The smallest absolute Gasteiger partial charge is 0.268 e. The zero-order chi connectivity index (χ0) is 19.8. The Hall–Kier alpha value is -3.51. The number of nitro groups is 1. The van der Waals surface area contributed by atoms with Crippen LogP contribution in [0.2, 0.25) is 5.02 Å². The number of halogens is 1. The molecule has 0 unspecified atom stereocenters. The summed E-state index contributed by atoms with van der Waals surface area (Å²) in [6, 6.07) is 18.6. The highest BCUT2D eigenvalue weighted by Gasteiger charge is 2.18. The van der Waals surface area contributed by atoms with E-state index in [0.29, 0.717) is 38.6 Å². The first-order chi connectivity index (χ1) is 13.5. The Labute approximate surface area is 164 Å². The number of nitrogens with zero attached hydrogens (tertiary/aromatic N) is 3. The largest absolute Gasteiger partial charge is 0.273 e. The van der Waals surface area contributed by atoms with Crippen LogP contribution in [0, 0.1) is 17.0 Å². The third-order valence-electron chi connectivity index (χ3n) is 4.52. The molecule has 0 saturated carbocycles. The van der Waals surface area contributed by atoms with Crippen LogP contribution in [0.15, 0.2) is 71.5 Å². The van der Waals surface area contributed by atoms with E-state index in [1.807, 2.05) is 0 Å². The molecule has 1 heterocycles. The molecule has 0 spiro atoms. The second-order valence-electron chi connectivity index (χ2n) is 6.33. The summed E-state index contributed by atoms with van der Waals surface area (Å²) in [7, 11) is 0. The number of para-hydroxylation sites is 1. The van der Waals surface area contributed by atoms with E-state index >= 15 is 0 Å². The van der Waals surface area contributed by atoms with Crippen LogP contribution in [-0.4, -0.2) is 14.5 Å². The molecular weight excluding hydrogens is 378 g/mol. The molecule has 0 aliphatic rings. The molecule has 1 aromatic heterocycles. The number of fused-ring (bicyclic) bond motifs is 1. The van der Waals surface area contributed by atoms with Crippen molar-refractivity contribution in [3.05, 3.63) is 97.8 Å². The standard InChI is InChI=1S/C21H14ClN3O3/c1-13-6-7-14(12-19(13)25(27)28)20-23-18-5-3-2-4-17(18)21(26)24(20)16-10-8-15(22)9-11-16/h2-12H,1H3. The highest BCUT2D eigenvalue weighted by molar-refractivity contribution is 6.30. The highest BCUT2D eigenvalue weighted by atomic mass is 35.5. The van der Waals surface area contributed by atoms with Crippen LogP contribution in [-0.2, 0) is 0 Å². The van der Waals surface area contributed by atoms with Gasteiger partial charge in [0.1, 0.15) is 5.82 Å². The van der Waals surface area contributed by atoms with Gasteiger partial charge in [-0.1, -0.05) is 35.9 Å². The molecule has 0 bridgehead atoms. The van der Waals surface area contributed by atoms with E-state index in [-0.39, 0.29) is 11.2 Å². The molecule has 0 N–H and O–H groups in total. The van der Waals surface area contributed by atoms with E-state index in [0.717, 1.165) is 0 Å². The van der Waals surface area contributed by atoms with Crippen molar-refractivity contribution >= 4 is 28.2 Å². The van der Waals surface area contributed by atoms with Gasteiger partial charge in [0.15, 0.2) is 0 Å². The second-order valence-corrected chi connectivity index (χ2v) is 6.76. The predicted octanol–water partition coefficient (Wildman–Crippen LogP) is 4.92. The van der Waals surface area contributed by atoms with Gasteiger partial charge in [-0.3, -0.25) is 19.5 Å². The first-order valence-corrected chi connectivity index (χ1v) is 8.86. The second kappa shape index (κ2) is 6.90. The Kier molecular flexibility index (Phi) is 4.41. The molecule has 0 aliphatic carbocycles. The lowest BCUT2D eigenvalue weighted by Gasteiger charge is -2.14. The molecule has 3 aromatic carbocycles. The topological polar surface area (TPSA) is 78.0 Å². The normalized spacial score (nSPS) is 10.9. The maximum absolute atomic E-state index is 13.2. The quantitative estimate of drug-likeness (QED) is 0.366. The maximum Gasteiger partial charge on any atom is 0.273 e. The SMILES string of the molecule is Cc1ccc(-c2nc3ccccc3c(=O)n2-c2ccc(Cl)cc2)cc1[N+](=O)[O-]. The average molecular weight is 392 g/mol. The first-order valence-electron chi connectivity index (χ1n) is 8.49. The van der Waals surface area contributed by atoms with Gasteiger partial charge in [-0.2, -0.15) is 0 Å². The Morgan fingerprint density at radius 1 is 1.04 bits per heavy atom. The molecule has 6 nitrogen and oxygen atoms in total. The molecular formula is C21H14ClN3O3. The van der Waals surface area contributed by atoms with Crippen molar-refractivity contribution in [1.29, 1.82) is 0 Å². The fourth-order valence-corrected chi connectivity index (χ4v) is 3.23. The van der Waals surface area contributed by atoms with E-state index in [4.69, 9.17) is 11.6 Å². The van der Waals surface area contributed by atoms with Crippen LogP contribution >= 0.6 is 11.6 Å². The monoisotopic (exact) mass is 391 g/mol. The lowest BCUT2D eigenvalue weighted by atomic mass is 10.1. The number of aromatic nitrogens is 2. The molecule has 7 heteroatoms. The molecule has 28 heavy (non-hydrogen) atoms. The number of nitro benzene ring substituents is 1. The van der Waals surface area contributed by atoms with Crippen molar-refractivity contribution in [1.82, 2.24) is 9.55 Å². The van der Waals surface area contributed by atoms with Gasteiger partial charge < -0.3 is 0 Å². The number of hydrogen-bond acceptors (Lipinski definition) is 4. The van der Waals surface area contributed by atoms with Crippen molar-refractivity contribution < 1.29 is 4.92 Å². The summed E-state index contributed by atoms with van der Waals surface area (Å²) >= 11 is 5.99. The molecule has 4 aromatic rings. The predicted molar refractivity (Wildman–Crippen MR) is 109 cm³/mol. The highest BCUT2D eigenvalue weighted by Crippen LogP contribution is 2.28. The zero-order valence-electron chi connectivity index (χ0n) is 14.8. The van der Waals surface area contributed by atoms with E-state index in [1.165, 1.54) is 10.6 Å². The summed E-state index contributed by atoms with van der Waals surface area (Å²) in [4.78, 5) is 28.8. The molecule has 138 valence electrons. The molecule has 0 radical (unpaired) electrons.